The Hall–Kier alpha value is -1.10. The molecule has 0 saturated carbocycles. The molecular formula is C13H19NO3. The summed E-state index contributed by atoms with van der Waals surface area (Å²) in [6.07, 6.45) is -1.47. The summed E-state index contributed by atoms with van der Waals surface area (Å²) < 4.78 is 5.18. The fraction of sp³-hybridized carbons (Fsp3) is 0.538. The van der Waals surface area contributed by atoms with E-state index in [0.717, 1.165) is 11.3 Å². The van der Waals surface area contributed by atoms with Crippen molar-refractivity contribution in [1.82, 2.24) is 4.90 Å². The second kappa shape index (κ2) is 4.64. The number of ether oxygens (including phenoxy) is 1. The van der Waals surface area contributed by atoms with Gasteiger partial charge in [-0.2, -0.15) is 0 Å². The number of aliphatic hydroxyl groups excluding tert-OH is 2. The summed E-state index contributed by atoms with van der Waals surface area (Å²) in [5, 5.41) is 20.0. The van der Waals surface area contributed by atoms with Crippen molar-refractivity contribution in [2.75, 3.05) is 14.2 Å². The minimum Gasteiger partial charge on any atom is -0.497 e. The van der Waals surface area contributed by atoms with Gasteiger partial charge in [0.15, 0.2) is 0 Å². The number of likely N-dealkylation sites (tertiary alicyclic amines) is 1. The van der Waals surface area contributed by atoms with Gasteiger partial charge in [0, 0.05) is 6.04 Å². The molecule has 0 radical (unpaired) electrons. The summed E-state index contributed by atoms with van der Waals surface area (Å²) in [4.78, 5) is 1.99. The van der Waals surface area contributed by atoms with Crippen LogP contribution in [-0.2, 0) is 0 Å². The first-order valence-corrected chi connectivity index (χ1v) is 5.78. The van der Waals surface area contributed by atoms with Crippen LogP contribution in [0.25, 0.3) is 0 Å². The van der Waals surface area contributed by atoms with Gasteiger partial charge < -0.3 is 14.9 Å². The third kappa shape index (κ3) is 2.04. The number of methoxy groups -OCH3 is 1. The normalized spacial score (nSPS) is 33.9. The number of nitrogens with zero attached hydrogens (tertiary/aromatic N) is 1. The molecule has 1 aromatic carbocycles. The predicted octanol–water partition coefficient (Wildman–Crippen LogP) is 0.792. The lowest BCUT2D eigenvalue weighted by molar-refractivity contribution is 0.0300. The molecule has 17 heavy (non-hydrogen) atoms. The number of aliphatic hydroxyl groups is 2. The van der Waals surface area contributed by atoms with Gasteiger partial charge in [0.25, 0.3) is 0 Å². The number of rotatable bonds is 2. The van der Waals surface area contributed by atoms with Gasteiger partial charge in [-0.25, -0.2) is 0 Å². The molecule has 4 nitrogen and oxygen atoms in total. The second-order valence-electron chi connectivity index (χ2n) is 4.61. The third-order valence-corrected chi connectivity index (χ3v) is 3.68. The van der Waals surface area contributed by atoms with E-state index < -0.39 is 12.2 Å². The summed E-state index contributed by atoms with van der Waals surface area (Å²) in [5.74, 6) is 0.761. The zero-order valence-electron chi connectivity index (χ0n) is 10.4. The zero-order valence-corrected chi connectivity index (χ0v) is 10.4. The van der Waals surface area contributed by atoms with Crippen LogP contribution in [0, 0.1) is 0 Å². The van der Waals surface area contributed by atoms with Crippen LogP contribution in [0.2, 0.25) is 0 Å². The highest BCUT2D eigenvalue weighted by Gasteiger charge is 2.43. The predicted molar refractivity (Wildman–Crippen MR) is 65.0 cm³/mol. The van der Waals surface area contributed by atoms with Crippen LogP contribution in [-0.4, -0.2) is 47.5 Å². The van der Waals surface area contributed by atoms with E-state index in [2.05, 4.69) is 0 Å². The van der Waals surface area contributed by atoms with E-state index in [1.807, 2.05) is 43.1 Å². The largest absolute Gasteiger partial charge is 0.497 e. The van der Waals surface area contributed by atoms with E-state index in [1.54, 1.807) is 7.11 Å². The molecular weight excluding hydrogens is 218 g/mol. The van der Waals surface area contributed by atoms with Crippen molar-refractivity contribution in [3.05, 3.63) is 29.8 Å². The summed E-state index contributed by atoms with van der Waals surface area (Å²) in [7, 11) is 3.53. The standard InChI is InChI=1S/C13H19NO3/c1-8-12(15)13(16)11(14(8)2)9-5-4-6-10(7-9)17-3/h4-8,11-13,15-16H,1-3H3. The molecule has 94 valence electrons. The maximum atomic E-state index is 10.1. The second-order valence-corrected chi connectivity index (χ2v) is 4.61. The first-order chi connectivity index (χ1) is 8.06. The third-order valence-electron chi connectivity index (χ3n) is 3.68. The van der Waals surface area contributed by atoms with Crippen molar-refractivity contribution in [3.63, 3.8) is 0 Å². The van der Waals surface area contributed by atoms with Crippen LogP contribution in [0.15, 0.2) is 24.3 Å². The fourth-order valence-electron chi connectivity index (χ4n) is 2.47. The maximum Gasteiger partial charge on any atom is 0.119 e. The molecule has 1 fully saturated rings. The van der Waals surface area contributed by atoms with Crippen LogP contribution < -0.4 is 4.74 Å². The quantitative estimate of drug-likeness (QED) is 0.798. The van der Waals surface area contributed by atoms with Gasteiger partial charge in [0.05, 0.1) is 19.3 Å². The lowest BCUT2D eigenvalue weighted by Crippen LogP contribution is -2.30. The Bertz CT molecular complexity index is 382. The smallest absolute Gasteiger partial charge is 0.119 e. The van der Waals surface area contributed by atoms with Gasteiger partial charge in [-0.3, -0.25) is 4.90 Å². The van der Waals surface area contributed by atoms with Gasteiger partial charge in [-0.15, -0.1) is 0 Å². The summed E-state index contributed by atoms with van der Waals surface area (Å²) >= 11 is 0. The average molecular weight is 237 g/mol. The van der Waals surface area contributed by atoms with E-state index in [4.69, 9.17) is 4.74 Å². The summed E-state index contributed by atoms with van der Waals surface area (Å²) in [6.45, 7) is 1.91. The van der Waals surface area contributed by atoms with Gasteiger partial charge in [0.2, 0.25) is 0 Å². The molecule has 0 amide bonds. The highest BCUT2D eigenvalue weighted by Crippen LogP contribution is 2.36. The summed E-state index contributed by atoms with van der Waals surface area (Å²) in [6, 6.07) is 7.36. The molecule has 1 aliphatic rings. The van der Waals surface area contributed by atoms with Crippen LogP contribution in [0.1, 0.15) is 18.5 Å². The van der Waals surface area contributed by atoms with Crippen LogP contribution in [0.5, 0.6) is 5.75 Å². The molecule has 1 saturated heterocycles. The van der Waals surface area contributed by atoms with Gasteiger partial charge >= 0.3 is 0 Å². The molecule has 2 N–H and O–H groups in total. The monoisotopic (exact) mass is 237 g/mol. The first-order valence-electron chi connectivity index (χ1n) is 5.78. The Labute approximate surface area is 101 Å². The highest BCUT2D eigenvalue weighted by molar-refractivity contribution is 5.32. The SMILES string of the molecule is COc1cccc(C2C(O)C(O)C(C)N2C)c1. The molecule has 4 heteroatoms. The van der Waals surface area contributed by atoms with Crippen molar-refractivity contribution in [3.8, 4) is 5.75 Å². The molecule has 4 atom stereocenters. The lowest BCUT2D eigenvalue weighted by Gasteiger charge is -2.24. The Kier molecular flexibility index (Phi) is 3.38. The van der Waals surface area contributed by atoms with Crippen LogP contribution in [0.3, 0.4) is 0 Å². The minimum atomic E-state index is -0.762. The summed E-state index contributed by atoms with van der Waals surface area (Å²) in [5.41, 5.74) is 0.961. The van der Waals surface area contributed by atoms with Crippen molar-refractivity contribution >= 4 is 0 Å². The first kappa shape index (κ1) is 12.4. The van der Waals surface area contributed by atoms with Crippen molar-refractivity contribution in [2.24, 2.45) is 0 Å². The molecule has 2 rings (SSSR count). The van der Waals surface area contributed by atoms with Crippen molar-refractivity contribution in [2.45, 2.75) is 31.2 Å². The number of hydrogen-bond donors (Lipinski definition) is 2. The van der Waals surface area contributed by atoms with Gasteiger partial charge in [0.1, 0.15) is 11.9 Å². The molecule has 1 heterocycles. The molecule has 1 aromatic rings. The topological polar surface area (TPSA) is 52.9 Å². The van der Waals surface area contributed by atoms with E-state index in [9.17, 15) is 10.2 Å². The fourth-order valence-corrected chi connectivity index (χ4v) is 2.47. The van der Waals surface area contributed by atoms with Crippen LogP contribution >= 0.6 is 0 Å². The highest BCUT2D eigenvalue weighted by atomic mass is 16.5. The van der Waals surface area contributed by atoms with Gasteiger partial charge in [-0.05, 0) is 31.7 Å². The van der Waals surface area contributed by atoms with Crippen molar-refractivity contribution in [1.29, 1.82) is 0 Å². The Morgan fingerprint density at radius 1 is 1.24 bits per heavy atom. The van der Waals surface area contributed by atoms with Gasteiger partial charge in [-0.1, -0.05) is 12.1 Å². The minimum absolute atomic E-state index is 0.0544. The molecule has 1 aliphatic heterocycles. The Balaban J connectivity index is 2.32. The zero-order chi connectivity index (χ0) is 12.6. The Morgan fingerprint density at radius 3 is 2.47 bits per heavy atom. The number of benzene rings is 1. The number of likely N-dealkylation sites (N-methyl/N-ethyl adjacent to an activating group) is 1. The van der Waals surface area contributed by atoms with Crippen LogP contribution in [0.4, 0.5) is 0 Å². The molecule has 0 aliphatic carbocycles. The van der Waals surface area contributed by atoms with E-state index in [-0.39, 0.29) is 12.1 Å². The average Bonchev–Trinajstić information content (AvgIpc) is 2.54. The molecule has 0 aromatic heterocycles. The van der Waals surface area contributed by atoms with E-state index in [1.165, 1.54) is 0 Å². The molecule has 0 bridgehead atoms. The van der Waals surface area contributed by atoms with E-state index >= 15 is 0 Å². The lowest BCUT2D eigenvalue weighted by atomic mass is 10.0. The van der Waals surface area contributed by atoms with E-state index in [0.29, 0.717) is 0 Å². The molecule has 0 spiro atoms. The molecule has 4 unspecified atom stereocenters. The maximum absolute atomic E-state index is 10.1. The van der Waals surface area contributed by atoms with Crippen molar-refractivity contribution < 1.29 is 14.9 Å². The Morgan fingerprint density at radius 2 is 1.94 bits per heavy atom. The number of hydrogen-bond acceptors (Lipinski definition) is 4.